The standard InChI is InChI=1S/C22H24N2O2/c1-16(2)26-21-11-7-17(8-12-21)14-23-15-22(25)24-20-10-9-18-5-3-4-6-19(18)13-20/h3-13,16,23H,14-15H2,1-2H3,(H,24,25). The zero-order valence-corrected chi connectivity index (χ0v) is 15.2. The number of amides is 1. The van der Waals surface area contributed by atoms with Gasteiger partial charge in [0, 0.05) is 12.2 Å². The topological polar surface area (TPSA) is 50.4 Å². The highest BCUT2D eigenvalue weighted by atomic mass is 16.5. The van der Waals surface area contributed by atoms with Crippen LogP contribution in [0.2, 0.25) is 0 Å². The third kappa shape index (κ3) is 5.07. The molecule has 134 valence electrons. The largest absolute Gasteiger partial charge is 0.491 e. The predicted octanol–water partition coefficient (Wildman–Crippen LogP) is 4.36. The van der Waals surface area contributed by atoms with Crippen molar-refractivity contribution in [1.29, 1.82) is 0 Å². The molecular formula is C22H24N2O2. The van der Waals surface area contributed by atoms with Gasteiger partial charge in [-0.2, -0.15) is 0 Å². The maximum absolute atomic E-state index is 12.1. The van der Waals surface area contributed by atoms with E-state index in [9.17, 15) is 4.79 Å². The summed E-state index contributed by atoms with van der Waals surface area (Å²) in [5.41, 5.74) is 1.92. The Kier molecular flexibility index (Phi) is 5.87. The third-order valence-electron chi connectivity index (χ3n) is 3.94. The monoisotopic (exact) mass is 348 g/mol. The highest BCUT2D eigenvalue weighted by Crippen LogP contribution is 2.18. The van der Waals surface area contributed by atoms with E-state index >= 15 is 0 Å². The van der Waals surface area contributed by atoms with Gasteiger partial charge >= 0.3 is 0 Å². The Hall–Kier alpha value is -2.85. The van der Waals surface area contributed by atoms with E-state index < -0.39 is 0 Å². The van der Waals surface area contributed by atoms with Crippen molar-refractivity contribution in [3.63, 3.8) is 0 Å². The van der Waals surface area contributed by atoms with Crippen LogP contribution in [0.25, 0.3) is 10.8 Å². The number of ether oxygens (including phenoxy) is 1. The Morgan fingerprint density at radius 2 is 1.69 bits per heavy atom. The van der Waals surface area contributed by atoms with Crippen LogP contribution in [-0.2, 0) is 11.3 Å². The molecule has 0 aliphatic rings. The lowest BCUT2D eigenvalue weighted by Gasteiger charge is -2.11. The van der Waals surface area contributed by atoms with Gasteiger partial charge in [0.15, 0.2) is 0 Å². The molecule has 3 rings (SSSR count). The Morgan fingerprint density at radius 1 is 0.962 bits per heavy atom. The molecule has 3 aromatic carbocycles. The van der Waals surface area contributed by atoms with Crippen LogP contribution in [0.4, 0.5) is 5.69 Å². The van der Waals surface area contributed by atoms with Crippen LogP contribution in [0.5, 0.6) is 5.75 Å². The fraction of sp³-hybridized carbons (Fsp3) is 0.227. The average molecular weight is 348 g/mol. The highest BCUT2D eigenvalue weighted by molar-refractivity contribution is 5.95. The van der Waals surface area contributed by atoms with E-state index in [2.05, 4.69) is 16.7 Å². The van der Waals surface area contributed by atoms with E-state index in [1.54, 1.807) is 0 Å². The van der Waals surface area contributed by atoms with E-state index in [0.717, 1.165) is 27.8 Å². The molecule has 0 radical (unpaired) electrons. The molecule has 0 bridgehead atoms. The summed E-state index contributed by atoms with van der Waals surface area (Å²) in [5, 5.41) is 8.37. The Balaban J connectivity index is 1.47. The smallest absolute Gasteiger partial charge is 0.238 e. The SMILES string of the molecule is CC(C)Oc1ccc(CNCC(=O)Nc2ccc3ccccc3c2)cc1. The first kappa shape index (κ1) is 18.0. The van der Waals surface area contributed by atoms with Gasteiger partial charge in [0.2, 0.25) is 5.91 Å². The van der Waals surface area contributed by atoms with Crippen molar-refractivity contribution in [2.45, 2.75) is 26.5 Å². The second-order valence-electron chi connectivity index (χ2n) is 6.52. The van der Waals surface area contributed by atoms with Crippen LogP contribution in [0.3, 0.4) is 0 Å². The molecule has 0 atom stereocenters. The average Bonchev–Trinajstić information content (AvgIpc) is 2.62. The molecule has 0 saturated heterocycles. The van der Waals surface area contributed by atoms with Gasteiger partial charge in [0.1, 0.15) is 5.75 Å². The highest BCUT2D eigenvalue weighted by Gasteiger charge is 2.04. The number of anilines is 1. The second kappa shape index (κ2) is 8.50. The van der Waals surface area contributed by atoms with Crippen molar-refractivity contribution in [1.82, 2.24) is 5.32 Å². The second-order valence-corrected chi connectivity index (χ2v) is 6.52. The minimum Gasteiger partial charge on any atom is -0.491 e. The van der Waals surface area contributed by atoms with Crippen LogP contribution in [0.15, 0.2) is 66.7 Å². The number of benzene rings is 3. The van der Waals surface area contributed by atoms with Crippen molar-refractivity contribution < 1.29 is 9.53 Å². The van der Waals surface area contributed by atoms with Crippen LogP contribution >= 0.6 is 0 Å². The molecule has 26 heavy (non-hydrogen) atoms. The van der Waals surface area contributed by atoms with E-state index in [4.69, 9.17) is 4.74 Å². The van der Waals surface area contributed by atoms with Crippen LogP contribution in [-0.4, -0.2) is 18.6 Å². The summed E-state index contributed by atoms with van der Waals surface area (Å²) in [6.45, 7) is 4.90. The van der Waals surface area contributed by atoms with Gasteiger partial charge in [0.05, 0.1) is 12.6 Å². The first-order valence-corrected chi connectivity index (χ1v) is 8.85. The third-order valence-corrected chi connectivity index (χ3v) is 3.94. The van der Waals surface area contributed by atoms with Gasteiger partial charge in [0.25, 0.3) is 0 Å². The first-order valence-electron chi connectivity index (χ1n) is 8.85. The van der Waals surface area contributed by atoms with E-state index in [-0.39, 0.29) is 18.6 Å². The number of hydrogen-bond donors (Lipinski definition) is 2. The fourth-order valence-electron chi connectivity index (χ4n) is 2.75. The molecule has 0 heterocycles. The number of hydrogen-bond acceptors (Lipinski definition) is 3. The summed E-state index contributed by atoms with van der Waals surface area (Å²) in [7, 11) is 0. The molecule has 0 spiro atoms. The quantitative estimate of drug-likeness (QED) is 0.667. The first-order chi connectivity index (χ1) is 12.6. The van der Waals surface area contributed by atoms with E-state index in [1.807, 2.05) is 74.5 Å². The summed E-state index contributed by atoms with van der Waals surface area (Å²) < 4.78 is 5.62. The predicted molar refractivity (Wildman–Crippen MR) is 106 cm³/mol. The fourth-order valence-corrected chi connectivity index (χ4v) is 2.75. The maximum Gasteiger partial charge on any atom is 0.238 e. The van der Waals surface area contributed by atoms with Crippen LogP contribution in [0, 0.1) is 0 Å². The summed E-state index contributed by atoms with van der Waals surface area (Å²) in [5.74, 6) is 0.804. The van der Waals surface area contributed by atoms with Gasteiger partial charge in [-0.1, -0.05) is 42.5 Å². The minimum absolute atomic E-state index is 0.0555. The molecule has 1 amide bonds. The molecule has 3 aromatic rings. The Bertz CT molecular complexity index is 873. The van der Waals surface area contributed by atoms with Crippen molar-refractivity contribution in [3.05, 3.63) is 72.3 Å². The molecule has 2 N–H and O–H groups in total. The molecule has 0 aliphatic carbocycles. The van der Waals surface area contributed by atoms with Crippen LogP contribution < -0.4 is 15.4 Å². The number of rotatable bonds is 7. The van der Waals surface area contributed by atoms with Crippen molar-refractivity contribution in [3.8, 4) is 5.75 Å². The molecular weight excluding hydrogens is 324 g/mol. The number of carbonyl (C=O) groups excluding carboxylic acids is 1. The Morgan fingerprint density at radius 3 is 2.42 bits per heavy atom. The normalized spacial score (nSPS) is 10.9. The van der Waals surface area contributed by atoms with Gasteiger partial charge in [-0.3, -0.25) is 4.79 Å². The van der Waals surface area contributed by atoms with Crippen molar-refractivity contribution in [2.24, 2.45) is 0 Å². The maximum atomic E-state index is 12.1. The number of carbonyl (C=O) groups is 1. The minimum atomic E-state index is -0.0555. The number of fused-ring (bicyclic) bond motifs is 1. The van der Waals surface area contributed by atoms with E-state index in [0.29, 0.717) is 6.54 Å². The number of nitrogens with one attached hydrogen (secondary N) is 2. The molecule has 4 nitrogen and oxygen atoms in total. The molecule has 4 heteroatoms. The zero-order valence-electron chi connectivity index (χ0n) is 15.2. The lowest BCUT2D eigenvalue weighted by Crippen LogP contribution is -2.27. The van der Waals surface area contributed by atoms with Gasteiger partial charge in [-0.05, 0) is 54.4 Å². The molecule has 0 saturated carbocycles. The van der Waals surface area contributed by atoms with Gasteiger partial charge in [-0.15, -0.1) is 0 Å². The van der Waals surface area contributed by atoms with Crippen LogP contribution in [0.1, 0.15) is 19.4 Å². The summed E-state index contributed by atoms with van der Waals surface area (Å²) in [6.07, 6.45) is 0.165. The van der Waals surface area contributed by atoms with Gasteiger partial charge < -0.3 is 15.4 Å². The zero-order chi connectivity index (χ0) is 18.4. The Labute approximate surface area is 154 Å². The molecule has 0 fully saturated rings. The summed E-state index contributed by atoms with van der Waals surface area (Å²) in [4.78, 5) is 12.1. The molecule has 0 aromatic heterocycles. The van der Waals surface area contributed by atoms with E-state index in [1.165, 1.54) is 0 Å². The summed E-state index contributed by atoms with van der Waals surface area (Å²) in [6, 6.07) is 21.9. The van der Waals surface area contributed by atoms with Crippen molar-refractivity contribution >= 4 is 22.4 Å². The molecule has 0 unspecified atom stereocenters. The molecule has 0 aliphatic heterocycles. The summed E-state index contributed by atoms with van der Waals surface area (Å²) >= 11 is 0. The van der Waals surface area contributed by atoms with Gasteiger partial charge in [-0.25, -0.2) is 0 Å². The lowest BCUT2D eigenvalue weighted by molar-refractivity contribution is -0.115. The van der Waals surface area contributed by atoms with Crippen molar-refractivity contribution in [2.75, 3.05) is 11.9 Å². The lowest BCUT2D eigenvalue weighted by atomic mass is 10.1.